The molecular formula is C8H7NO5S2. The first-order valence-corrected chi connectivity index (χ1v) is 6.43. The lowest BCUT2D eigenvalue weighted by Crippen LogP contribution is -2.07. The summed E-state index contributed by atoms with van der Waals surface area (Å²) in [5.74, 6) is -0.753. The molecule has 0 aliphatic carbocycles. The number of nitrogens with zero attached hydrogens (tertiary/aromatic N) is 1. The summed E-state index contributed by atoms with van der Waals surface area (Å²) in [4.78, 5) is 20.9. The van der Waals surface area contributed by atoms with Gasteiger partial charge in [-0.1, -0.05) is 4.40 Å². The minimum Gasteiger partial charge on any atom is -0.462 e. The second-order valence-electron chi connectivity index (χ2n) is 2.49. The van der Waals surface area contributed by atoms with Gasteiger partial charge in [0.25, 0.3) is 16.1 Å². The van der Waals surface area contributed by atoms with Crippen molar-refractivity contribution < 1.29 is 22.7 Å². The van der Waals surface area contributed by atoms with Crippen molar-refractivity contribution in [2.75, 3.05) is 6.61 Å². The van der Waals surface area contributed by atoms with Gasteiger partial charge in [-0.05, 0) is 18.4 Å². The zero-order valence-electron chi connectivity index (χ0n) is 8.17. The van der Waals surface area contributed by atoms with E-state index < -0.39 is 16.0 Å². The van der Waals surface area contributed by atoms with Crippen LogP contribution < -0.4 is 0 Å². The minimum atomic E-state index is -4.15. The maximum Gasteiger partial charge on any atom is 0.349 e. The predicted molar refractivity (Wildman–Crippen MR) is 55.6 cm³/mol. The number of isocyanates is 1. The van der Waals surface area contributed by atoms with Gasteiger partial charge in [0.15, 0.2) is 0 Å². The highest BCUT2D eigenvalue weighted by molar-refractivity contribution is 7.90. The standard InChI is InChI=1S/C8H7NO5S2/c1-2-14-8(11)7-6(3-4-15-7)16(12,13)9-5-10/h3-4H,2H2,1H3. The molecule has 0 saturated carbocycles. The lowest BCUT2D eigenvalue weighted by atomic mass is 10.5. The summed E-state index contributed by atoms with van der Waals surface area (Å²) < 4.78 is 30.1. The van der Waals surface area contributed by atoms with Gasteiger partial charge >= 0.3 is 5.97 Å². The fourth-order valence-corrected chi connectivity index (χ4v) is 2.92. The van der Waals surface area contributed by atoms with Crippen LogP contribution in [0.1, 0.15) is 16.6 Å². The summed E-state index contributed by atoms with van der Waals surface area (Å²) in [7, 11) is -4.15. The van der Waals surface area contributed by atoms with Crippen LogP contribution in [0, 0.1) is 0 Å². The van der Waals surface area contributed by atoms with Gasteiger partial charge in [-0.3, -0.25) is 0 Å². The number of carbonyl (C=O) groups excluding carboxylic acids is 2. The molecular weight excluding hydrogens is 254 g/mol. The largest absolute Gasteiger partial charge is 0.462 e. The first-order valence-electron chi connectivity index (χ1n) is 4.11. The third-order valence-electron chi connectivity index (χ3n) is 1.53. The van der Waals surface area contributed by atoms with Crippen molar-refractivity contribution in [2.24, 2.45) is 4.40 Å². The van der Waals surface area contributed by atoms with E-state index in [1.54, 1.807) is 6.92 Å². The molecule has 0 aliphatic heterocycles. The van der Waals surface area contributed by atoms with E-state index in [2.05, 4.69) is 9.13 Å². The van der Waals surface area contributed by atoms with E-state index in [-0.39, 0.29) is 16.4 Å². The fraction of sp³-hybridized carbons (Fsp3) is 0.250. The highest BCUT2D eigenvalue weighted by Gasteiger charge is 2.24. The third-order valence-corrected chi connectivity index (χ3v) is 3.76. The summed E-state index contributed by atoms with van der Waals surface area (Å²) in [6, 6.07) is 1.19. The Morgan fingerprint density at radius 2 is 2.31 bits per heavy atom. The highest BCUT2D eigenvalue weighted by atomic mass is 32.2. The molecule has 86 valence electrons. The summed E-state index contributed by atoms with van der Waals surface area (Å²) in [5.41, 5.74) is 0. The number of esters is 1. The van der Waals surface area contributed by atoms with Gasteiger partial charge in [0.2, 0.25) is 0 Å². The summed E-state index contributed by atoms with van der Waals surface area (Å²) >= 11 is 0.907. The smallest absolute Gasteiger partial charge is 0.349 e. The van der Waals surface area contributed by atoms with Crippen LogP contribution in [-0.2, 0) is 19.6 Å². The summed E-state index contributed by atoms with van der Waals surface area (Å²) in [6.45, 7) is 1.73. The Hall–Kier alpha value is -1.50. The maximum atomic E-state index is 11.4. The molecule has 0 aromatic carbocycles. The average molecular weight is 261 g/mol. The molecule has 0 spiro atoms. The van der Waals surface area contributed by atoms with Crippen molar-refractivity contribution in [1.82, 2.24) is 0 Å². The lowest BCUT2D eigenvalue weighted by Gasteiger charge is -2.00. The lowest BCUT2D eigenvalue weighted by molar-refractivity contribution is 0.0528. The molecule has 0 aliphatic rings. The molecule has 6 nitrogen and oxygen atoms in total. The van der Waals surface area contributed by atoms with E-state index in [9.17, 15) is 18.0 Å². The van der Waals surface area contributed by atoms with Gasteiger partial charge in [-0.2, -0.15) is 8.42 Å². The minimum absolute atomic E-state index is 0.0964. The van der Waals surface area contributed by atoms with Crippen molar-refractivity contribution in [3.63, 3.8) is 0 Å². The molecule has 1 aromatic heterocycles. The Kier molecular flexibility index (Phi) is 3.94. The van der Waals surface area contributed by atoms with Gasteiger partial charge in [0.1, 0.15) is 9.77 Å². The van der Waals surface area contributed by atoms with Crippen molar-refractivity contribution in [1.29, 1.82) is 0 Å². The van der Waals surface area contributed by atoms with Crippen molar-refractivity contribution >= 4 is 33.4 Å². The number of ether oxygens (including phenoxy) is 1. The van der Waals surface area contributed by atoms with Crippen LogP contribution in [0.3, 0.4) is 0 Å². The first kappa shape index (κ1) is 12.6. The van der Waals surface area contributed by atoms with E-state index in [4.69, 9.17) is 0 Å². The quantitative estimate of drug-likeness (QED) is 0.457. The van der Waals surface area contributed by atoms with E-state index in [1.165, 1.54) is 11.4 Å². The Morgan fingerprint density at radius 1 is 1.62 bits per heavy atom. The number of thiophene rings is 1. The Balaban J connectivity index is 3.23. The molecule has 0 unspecified atom stereocenters. The monoisotopic (exact) mass is 261 g/mol. The van der Waals surface area contributed by atoms with Crippen LogP contribution in [-0.4, -0.2) is 27.1 Å². The zero-order valence-corrected chi connectivity index (χ0v) is 9.80. The van der Waals surface area contributed by atoms with Crippen LogP contribution in [0.5, 0.6) is 0 Å². The summed E-state index contributed by atoms with van der Waals surface area (Å²) in [6.07, 6.45) is 0.934. The molecule has 0 saturated heterocycles. The molecule has 0 fully saturated rings. The molecule has 0 amide bonds. The van der Waals surface area contributed by atoms with E-state index in [0.29, 0.717) is 0 Å². The zero-order chi connectivity index (χ0) is 12.2. The Labute approximate surface area is 95.6 Å². The normalized spacial score (nSPS) is 10.6. The second kappa shape index (κ2) is 5.02. The third kappa shape index (κ3) is 2.54. The summed E-state index contributed by atoms with van der Waals surface area (Å²) in [5, 5.41) is 1.40. The fourth-order valence-electron chi connectivity index (χ4n) is 0.944. The molecule has 8 heteroatoms. The van der Waals surface area contributed by atoms with Gasteiger partial charge in [0.05, 0.1) is 6.61 Å². The molecule has 1 heterocycles. The number of carbonyl (C=O) groups is 1. The predicted octanol–water partition coefficient (Wildman–Crippen LogP) is 0.949. The molecule has 1 rings (SSSR count). The number of hydrogen-bond acceptors (Lipinski definition) is 6. The van der Waals surface area contributed by atoms with Crippen molar-refractivity contribution in [3.05, 3.63) is 16.3 Å². The molecule has 0 bridgehead atoms. The van der Waals surface area contributed by atoms with Gasteiger partial charge in [-0.15, -0.1) is 11.3 Å². The van der Waals surface area contributed by atoms with Crippen LogP contribution in [0.25, 0.3) is 0 Å². The second-order valence-corrected chi connectivity index (χ2v) is 4.98. The topological polar surface area (TPSA) is 89.9 Å². The van der Waals surface area contributed by atoms with Crippen LogP contribution in [0.15, 0.2) is 20.7 Å². The Bertz CT molecular complexity index is 539. The van der Waals surface area contributed by atoms with Gasteiger partial charge < -0.3 is 4.74 Å². The Morgan fingerprint density at radius 3 is 2.88 bits per heavy atom. The van der Waals surface area contributed by atoms with Crippen molar-refractivity contribution in [2.45, 2.75) is 11.8 Å². The van der Waals surface area contributed by atoms with E-state index in [1.807, 2.05) is 0 Å². The molecule has 0 radical (unpaired) electrons. The van der Waals surface area contributed by atoms with Crippen LogP contribution >= 0.6 is 11.3 Å². The molecule has 0 N–H and O–H groups in total. The van der Waals surface area contributed by atoms with Crippen LogP contribution in [0.2, 0.25) is 0 Å². The van der Waals surface area contributed by atoms with Crippen molar-refractivity contribution in [3.8, 4) is 0 Å². The number of rotatable bonds is 4. The van der Waals surface area contributed by atoms with Gasteiger partial charge in [0, 0.05) is 0 Å². The molecule has 1 aromatic rings. The maximum absolute atomic E-state index is 11.4. The average Bonchev–Trinajstić information content (AvgIpc) is 2.66. The van der Waals surface area contributed by atoms with E-state index in [0.717, 1.165) is 17.4 Å². The highest BCUT2D eigenvalue weighted by Crippen LogP contribution is 2.24. The number of hydrogen-bond donors (Lipinski definition) is 0. The first-order chi connectivity index (χ1) is 7.53. The van der Waals surface area contributed by atoms with Gasteiger partial charge in [-0.25, -0.2) is 9.59 Å². The molecule has 0 atom stereocenters. The molecule has 16 heavy (non-hydrogen) atoms. The number of sulfonamides is 1. The van der Waals surface area contributed by atoms with E-state index >= 15 is 0 Å². The van der Waals surface area contributed by atoms with Crippen LogP contribution in [0.4, 0.5) is 0 Å². The SMILES string of the molecule is CCOC(=O)c1sccc1S(=O)(=O)N=C=O.